The summed E-state index contributed by atoms with van der Waals surface area (Å²) < 4.78 is 37.3. The molecule has 18 heavy (non-hydrogen) atoms. The number of nitrogen functional groups attached to an aromatic ring is 1. The molecular formula is C8H8F3N7. The number of hydrogen-bond acceptors (Lipinski definition) is 6. The molecule has 0 amide bonds. The number of aromatic amines is 1. The van der Waals surface area contributed by atoms with E-state index in [0.29, 0.717) is 5.82 Å². The molecule has 0 unspecified atom stereocenters. The zero-order chi connectivity index (χ0) is 13.2. The van der Waals surface area contributed by atoms with Gasteiger partial charge in [0.2, 0.25) is 0 Å². The average Bonchev–Trinajstić information content (AvgIpc) is 2.79. The lowest BCUT2D eigenvalue weighted by atomic mass is 10.2. The summed E-state index contributed by atoms with van der Waals surface area (Å²) in [7, 11) is 0. The number of aromatic nitrogens is 5. The summed E-state index contributed by atoms with van der Waals surface area (Å²) in [5, 5.41) is 15.5. The van der Waals surface area contributed by atoms with E-state index in [1.54, 1.807) is 0 Å². The maximum Gasteiger partial charge on any atom is 0.433 e. The van der Waals surface area contributed by atoms with Crippen LogP contribution in [-0.4, -0.2) is 25.6 Å². The van der Waals surface area contributed by atoms with E-state index in [-0.39, 0.29) is 17.9 Å². The fourth-order valence-electron chi connectivity index (χ4n) is 1.21. The van der Waals surface area contributed by atoms with Gasteiger partial charge in [-0.05, 0) is 6.07 Å². The molecule has 4 N–H and O–H groups in total. The van der Waals surface area contributed by atoms with Gasteiger partial charge < -0.3 is 11.1 Å². The number of rotatable bonds is 3. The first kappa shape index (κ1) is 12.1. The summed E-state index contributed by atoms with van der Waals surface area (Å²) in [5.74, 6) is 0.305. The van der Waals surface area contributed by atoms with E-state index in [0.717, 1.165) is 12.3 Å². The molecule has 0 aliphatic carbocycles. The fourth-order valence-corrected chi connectivity index (χ4v) is 1.21. The summed E-state index contributed by atoms with van der Waals surface area (Å²) in [5.41, 5.74) is 4.71. The van der Waals surface area contributed by atoms with Gasteiger partial charge >= 0.3 is 6.18 Å². The molecule has 2 rings (SSSR count). The highest BCUT2D eigenvalue weighted by molar-refractivity contribution is 5.65. The number of H-pyrrole nitrogens is 1. The summed E-state index contributed by atoms with van der Waals surface area (Å²) >= 11 is 0. The van der Waals surface area contributed by atoms with Crippen molar-refractivity contribution in [3.8, 4) is 0 Å². The molecule has 0 aliphatic heterocycles. The molecule has 10 heteroatoms. The number of anilines is 2. The Hall–Kier alpha value is -2.39. The molecule has 2 heterocycles. The summed E-state index contributed by atoms with van der Waals surface area (Å²) in [6, 6.07) is 0.829. The van der Waals surface area contributed by atoms with Crippen molar-refractivity contribution in [1.29, 1.82) is 0 Å². The van der Waals surface area contributed by atoms with Gasteiger partial charge in [0.25, 0.3) is 0 Å². The van der Waals surface area contributed by atoms with Crippen molar-refractivity contribution in [1.82, 2.24) is 25.6 Å². The highest BCUT2D eigenvalue weighted by atomic mass is 19.4. The monoisotopic (exact) mass is 259 g/mol. The first-order valence-corrected chi connectivity index (χ1v) is 4.75. The predicted octanol–water partition coefficient (Wildman–Crippen LogP) is 0.808. The number of pyridine rings is 1. The van der Waals surface area contributed by atoms with Gasteiger partial charge in [0, 0.05) is 0 Å². The zero-order valence-electron chi connectivity index (χ0n) is 8.86. The topological polar surface area (TPSA) is 105 Å². The van der Waals surface area contributed by atoms with Crippen LogP contribution in [0.2, 0.25) is 0 Å². The van der Waals surface area contributed by atoms with Crippen molar-refractivity contribution >= 4 is 11.4 Å². The average molecular weight is 259 g/mol. The van der Waals surface area contributed by atoms with Crippen molar-refractivity contribution < 1.29 is 13.2 Å². The van der Waals surface area contributed by atoms with Crippen LogP contribution in [0, 0.1) is 0 Å². The lowest BCUT2D eigenvalue weighted by molar-refractivity contribution is -0.141. The zero-order valence-corrected chi connectivity index (χ0v) is 8.86. The molecule has 0 aliphatic rings. The predicted molar refractivity (Wildman–Crippen MR) is 55.2 cm³/mol. The second-order valence-corrected chi connectivity index (χ2v) is 3.34. The molecule has 0 bridgehead atoms. The van der Waals surface area contributed by atoms with E-state index in [1.807, 2.05) is 0 Å². The molecule has 2 aromatic heterocycles. The molecular weight excluding hydrogens is 251 g/mol. The van der Waals surface area contributed by atoms with Crippen molar-refractivity contribution in [2.24, 2.45) is 0 Å². The Morgan fingerprint density at radius 1 is 1.39 bits per heavy atom. The molecule has 2 aromatic rings. The maximum absolute atomic E-state index is 12.4. The molecule has 0 saturated carbocycles. The van der Waals surface area contributed by atoms with Crippen molar-refractivity contribution in [2.75, 3.05) is 11.1 Å². The van der Waals surface area contributed by atoms with E-state index < -0.39 is 11.9 Å². The van der Waals surface area contributed by atoms with E-state index in [1.165, 1.54) is 0 Å². The number of nitrogens with zero attached hydrogens (tertiary/aromatic N) is 4. The third-order valence-electron chi connectivity index (χ3n) is 2.05. The van der Waals surface area contributed by atoms with Crippen LogP contribution in [0.4, 0.5) is 24.5 Å². The van der Waals surface area contributed by atoms with E-state index >= 15 is 0 Å². The Balaban J connectivity index is 2.16. The van der Waals surface area contributed by atoms with Crippen molar-refractivity contribution in [3.63, 3.8) is 0 Å². The largest absolute Gasteiger partial charge is 0.433 e. The second-order valence-electron chi connectivity index (χ2n) is 3.34. The van der Waals surface area contributed by atoms with Gasteiger partial charge in [0.1, 0.15) is 5.69 Å². The van der Waals surface area contributed by atoms with Crippen molar-refractivity contribution in [3.05, 3.63) is 23.8 Å². The molecule has 0 saturated heterocycles. The molecule has 0 aromatic carbocycles. The lowest BCUT2D eigenvalue weighted by Gasteiger charge is -2.11. The van der Waals surface area contributed by atoms with Gasteiger partial charge in [0.15, 0.2) is 5.82 Å². The number of tetrazole rings is 1. The Morgan fingerprint density at radius 2 is 2.17 bits per heavy atom. The third kappa shape index (κ3) is 2.64. The minimum Gasteiger partial charge on any atom is -0.396 e. The standard InChI is InChI=1S/C8H8F3N7/c9-8(10,11)6-1-5(4(12)2-14-6)13-3-7-15-17-18-16-7/h1-2H,3,12H2,(H,13,14)(H,15,16,17,18). The third-order valence-corrected chi connectivity index (χ3v) is 2.05. The number of hydrogen-bond donors (Lipinski definition) is 3. The van der Waals surface area contributed by atoms with Crippen LogP contribution in [0.5, 0.6) is 0 Å². The van der Waals surface area contributed by atoms with Crippen LogP contribution in [0.25, 0.3) is 0 Å². The number of nitrogens with two attached hydrogens (primary N) is 1. The van der Waals surface area contributed by atoms with Gasteiger partial charge in [-0.25, -0.2) is 4.98 Å². The van der Waals surface area contributed by atoms with E-state index in [9.17, 15) is 13.2 Å². The van der Waals surface area contributed by atoms with Crippen LogP contribution in [-0.2, 0) is 12.7 Å². The van der Waals surface area contributed by atoms with Crippen LogP contribution < -0.4 is 11.1 Å². The quantitative estimate of drug-likeness (QED) is 0.753. The van der Waals surface area contributed by atoms with E-state index in [4.69, 9.17) is 5.73 Å². The SMILES string of the molecule is Nc1cnc(C(F)(F)F)cc1NCc1nn[nH]n1. The van der Waals surface area contributed by atoms with Gasteiger partial charge in [0.05, 0.1) is 24.1 Å². The highest BCUT2D eigenvalue weighted by Crippen LogP contribution is 2.31. The highest BCUT2D eigenvalue weighted by Gasteiger charge is 2.32. The summed E-state index contributed by atoms with van der Waals surface area (Å²) in [4.78, 5) is 3.22. The Kier molecular flexibility index (Phi) is 3.00. The smallest absolute Gasteiger partial charge is 0.396 e. The van der Waals surface area contributed by atoms with Gasteiger partial charge in [-0.15, -0.1) is 10.2 Å². The molecule has 0 radical (unpaired) electrons. The van der Waals surface area contributed by atoms with Crippen molar-refractivity contribution in [2.45, 2.75) is 12.7 Å². The summed E-state index contributed by atoms with van der Waals surface area (Å²) in [6.07, 6.45) is -3.57. The maximum atomic E-state index is 12.4. The number of nitrogens with one attached hydrogen (secondary N) is 2. The fraction of sp³-hybridized carbons (Fsp3) is 0.250. The Bertz CT molecular complexity index is 522. The molecule has 0 spiro atoms. The van der Waals surface area contributed by atoms with Crippen LogP contribution in [0.3, 0.4) is 0 Å². The Morgan fingerprint density at radius 3 is 2.78 bits per heavy atom. The van der Waals surface area contributed by atoms with Crippen LogP contribution in [0.15, 0.2) is 12.3 Å². The minimum atomic E-state index is -4.52. The molecule has 96 valence electrons. The first-order valence-electron chi connectivity index (χ1n) is 4.75. The second kappa shape index (κ2) is 4.47. The lowest BCUT2D eigenvalue weighted by Crippen LogP contribution is -2.11. The Labute approximate surface area is 98.6 Å². The molecule has 0 fully saturated rings. The molecule has 0 atom stereocenters. The number of halogens is 3. The van der Waals surface area contributed by atoms with Gasteiger partial charge in [-0.2, -0.15) is 18.4 Å². The summed E-state index contributed by atoms with van der Waals surface area (Å²) in [6.45, 7) is 0.0992. The minimum absolute atomic E-state index is 0.0992. The molecule has 7 nitrogen and oxygen atoms in total. The van der Waals surface area contributed by atoms with Gasteiger partial charge in [-0.3, -0.25) is 0 Å². The number of alkyl halides is 3. The van der Waals surface area contributed by atoms with Crippen LogP contribution in [0.1, 0.15) is 11.5 Å². The first-order chi connectivity index (χ1) is 8.47. The van der Waals surface area contributed by atoms with Gasteiger partial charge in [-0.1, -0.05) is 5.21 Å². The normalized spacial score (nSPS) is 11.5. The van der Waals surface area contributed by atoms with Crippen LogP contribution >= 0.6 is 0 Å². The van der Waals surface area contributed by atoms with E-state index in [2.05, 4.69) is 30.9 Å².